The van der Waals surface area contributed by atoms with Gasteiger partial charge in [0, 0.05) is 33.6 Å². The number of nitrogens with one attached hydrogen (secondary N) is 1. The van der Waals surface area contributed by atoms with Gasteiger partial charge in [0.2, 0.25) is 11.8 Å². The van der Waals surface area contributed by atoms with Crippen LogP contribution in [0.1, 0.15) is 54.0 Å². The number of hydrogen-bond donors (Lipinski definition) is 1. The number of hydrogen-bond acceptors (Lipinski definition) is 6. The molecule has 4 bridgehead atoms. The molecule has 0 radical (unpaired) electrons. The summed E-state index contributed by atoms with van der Waals surface area (Å²) in [5.74, 6) is 1.26. The van der Waals surface area contributed by atoms with Crippen molar-refractivity contribution < 1.29 is 23.9 Å². The lowest BCUT2D eigenvalue weighted by molar-refractivity contribution is -0.135. The normalized spacial score (nSPS) is 20.1. The molecule has 5 rings (SSSR count). The van der Waals surface area contributed by atoms with Gasteiger partial charge in [-0.15, -0.1) is 0 Å². The summed E-state index contributed by atoms with van der Waals surface area (Å²) in [5.41, 5.74) is 3.32. The first-order valence-electron chi connectivity index (χ1n) is 15.0. The number of rotatable bonds is 3. The van der Waals surface area contributed by atoms with Crippen LogP contribution in [0.4, 0.5) is 0 Å². The summed E-state index contributed by atoms with van der Waals surface area (Å²) in [4.78, 5) is 42.8. The molecule has 228 valence electrons. The highest BCUT2D eigenvalue weighted by Crippen LogP contribution is 2.25. The van der Waals surface area contributed by atoms with Crippen molar-refractivity contribution in [1.29, 1.82) is 0 Å². The predicted octanol–water partition coefficient (Wildman–Crippen LogP) is 3.73. The van der Waals surface area contributed by atoms with Crippen LogP contribution in [-0.4, -0.2) is 76.1 Å². The maximum Gasteiger partial charge on any atom is 0.272 e. The Morgan fingerprint density at radius 1 is 1.02 bits per heavy atom. The van der Waals surface area contributed by atoms with E-state index in [2.05, 4.69) is 24.3 Å². The van der Waals surface area contributed by atoms with Crippen LogP contribution in [0.15, 0.2) is 54.6 Å². The Labute approximate surface area is 252 Å². The Balaban J connectivity index is 1.36. The van der Waals surface area contributed by atoms with E-state index in [1.807, 2.05) is 54.6 Å². The van der Waals surface area contributed by atoms with E-state index in [-0.39, 0.29) is 43.3 Å². The van der Waals surface area contributed by atoms with Gasteiger partial charge in [-0.3, -0.25) is 19.1 Å². The molecule has 10 nitrogen and oxygen atoms in total. The number of likely N-dealkylation sites (N-methyl/N-ethyl adjacent to an activating group) is 1. The van der Waals surface area contributed by atoms with Gasteiger partial charge in [0.25, 0.3) is 5.91 Å². The summed E-state index contributed by atoms with van der Waals surface area (Å²) in [7, 11) is 3.42. The maximum absolute atomic E-state index is 13.6. The molecule has 0 spiro atoms. The molecule has 10 heteroatoms. The molecule has 1 saturated heterocycles. The van der Waals surface area contributed by atoms with E-state index in [0.717, 1.165) is 23.2 Å². The predicted molar refractivity (Wildman–Crippen MR) is 162 cm³/mol. The van der Waals surface area contributed by atoms with E-state index in [0.29, 0.717) is 49.1 Å². The molecule has 3 amide bonds. The molecule has 2 aromatic carbocycles. The fourth-order valence-corrected chi connectivity index (χ4v) is 5.66. The highest BCUT2D eigenvalue weighted by Gasteiger charge is 2.35. The number of carbonyl (C=O) groups excluding carboxylic acids is 3. The van der Waals surface area contributed by atoms with Crippen LogP contribution in [0.25, 0.3) is 0 Å². The van der Waals surface area contributed by atoms with E-state index in [4.69, 9.17) is 9.47 Å². The lowest BCUT2D eigenvalue weighted by atomic mass is 10.0. The van der Waals surface area contributed by atoms with Gasteiger partial charge >= 0.3 is 0 Å². The van der Waals surface area contributed by atoms with Crippen molar-refractivity contribution in [2.75, 3.05) is 26.7 Å². The smallest absolute Gasteiger partial charge is 0.272 e. The lowest BCUT2D eigenvalue weighted by Crippen LogP contribution is -2.58. The van der Waals surface area contributed by atoms with Crippen molar-refractivity contribution in [3.05, 3.63) is 77.1 Å². The molecule has 2 atom stereocenters. The molecule has 0 saturated carbocycles. The fraction of sp³-hybridized carbons (Fsp3) is 0.455. The van der Waals surface area contributed by atoms with Gasteiger partial charge in [-0.1, -0.05) is 38.1 Å². The standard InChI is InChI=1S/C33H41N5O5/c1-22(2)15-25-18-29(37(4)35-25)33(41)38-14-13-30-28(19-38)34-31(39)20-36(3)32(40)12-11-23-7-5-9-26(16-23)43-27-10-6-8-24(17-27)21-42-30/h5-10,16-18,22,28,30H,11-15,19-21H2,1-4H3,(H,34,39)/t28-,30+/m0/s1. The maximum atomic E-state index is 13.6. The van der Waals surface area contributed by atoms with E-state index < -0.39 is 6.04 Å². The number of nitrogens with zero attached hydrogens (tertiary/aromatic N) is 4. The summed E-state index contributed by atoms with van der Waals surface area (Å²) in [5, 5.41) is 7.60. The third-order valence-corrected chi connectivity index (χ3v) is 7.88. The molecule has 2 aliphatic heterocycles. The average molecular weight is 588 g/mol. The minimum Gasteiger partial charge on any atom is -0.457 e. The number of aromatic nitrogens is 2. The molecule has 0 unspecified atom stereocenters. The first-order valence-corrected chi connectivity index (χ1v) is 15.0. The summed E-state index contributed by atoms with van der Waals surface area (Å²) in [6.45, 7) is 5.25. The van der Waals surface area contributed by atoms with Gasteiger partial charge in [-0.2, -0.15) is 5.10 Å². The van der Waals surface area contributed by atoms with Gasteiger partial charge in [-0.05, 0) is 66.6 Å². The van der Waals surface area contributed by atoms with Crippen molar-refractivity contribution >= 4 is 17.7 Å². The van der Waals surface area contributed by atoms with Gasteiger partial charge in [0.05, 0.1) is 31.0 Å². The first-order chi connectivity index (χ1) is 20.6. The Morgan fingerprint density at radius 2 is 1.74 bits per heavy atom. The quantitative estimate of drug-likeness (QED) is 0.501. The zero-order chi connectivity index (χ0) is 30.5. The third-order valence-electron chi connectivity index (χ3n) is 7.88. The van der Waals surface area contributed by atoms with Crippen molar-refractivity contribution in [3.8, 4) is 11.5 Å². The zero-order valence-corrected chi connectivity index (χ0v) is 25.4. The fourth-order valence-electron chi connectivity index (χ4n) is 5.66. The number of piperidine rings is 1. The third kappa shape index (κ3) is 7.81. The SMILES string of the molecule is CC(C)Cc1cc(C(=O)N2CC[C@H]3OCc4cccc(c4)Oc4cccc(c4)CCC(=O)N(C)CC(=O)N[C@H]3C2)n(C)n1. The number of likely N-dealkylation sites (tertiary alicyclic amines) is 1. The van der Waals surface area contributed by atoms with Crippen molar-refractivity contribution in [1.82, 2.24) is 24.9 Å². The summed E-state index contributed by atoms with van der Waals surface area (Å²) < 4.78 is 14.1. The highest BCUT2D eigenvalue weighted by molar-refractivity contribution is 5.93. The molecule has 1 fully saturated rings. The number of amides is 3. The molecule has 43 heavy (non-hydrogen) atoms. The van der Waals surface area contributed by atoms with Gasteiger partial charge in [0.1, 0.15) is 17.2 Å². The Hall–Kier alpha value is -4.18. The largest absolute Gasteiger partial charge is 0.457 e. The number of ether oxygens (including phenoxy) is 2. The molecule has 0 aliphatic carbocycles. The van der Waals surface area contributed by atoms with E-state index in [1.54, 1.807) is 23.7 Å². The molecule has 3 aromatic rings. The van der Waals surface area contributed by atoms with Crippen molar-refractivity contribution in [2.24, 2.45) is 13.0 Å². The Kier molecular flexibility index (Phi) is 9.45. The second-order valence-electron chi connectivity index (χ2n) is 12.0. The van der Waals surface area contributed by atoms with Gasteiger partial charge in [-0.25, -0.2) is 0 Å². The monoisotopic (exact) mass is 587 g/mol. The molecule has 1 aromatic heterocycles. The van der Waals surface area contributed by atoms with Crippen molar-refractivity contribution in [3.63, 3.8) is 0 Å². The highest BCUT2D eigenvalue weighted by atomic mass is 16.5. The molecule has 2 aliphatic rings. The minimum absolute atomic E-state index is 0.0819. The Bertz CT molecular complexity index is 1470. The van der Waals surface area contributed by atoms with Crippen LogP contribution in [0, 0.1) is 5.92 Å². The number of fused-ring (bicyclic) bond motifs is 5. The average Bonchev–Trinajstić information content (AvgIpc) is 3.33. The van der Waals surface area contributed by atoms with Crippen LogP contribution in [0.5, 0.6) is 11.5 Å². The van der Waals surface area contributed by atoms with E-state index >= 15 is 0 Å². The molecular formula is C33H41N5O5. The number of aryl methyl sites for hydroxylation is 2. The van der Waals surface area contributed by atoms with Gasteiger partial charge < -0.3 is 24.6 Å². The van der Waals surface area contributed by atoms with Crippen LogP contribution >= 0.6 is 0 Å². The zero-order valence-electron chi connectivity index (χ0n) is 25.4. The van der Waals surface area contributed by atoms with Crippen LogP contribution < -0.4 is 10.1 Å². The second-order valence-corrected chi connectivity index (χ2v) is 12.0. The Morgan fingerprint density at radius 3 is 2.49 bits per heavy atom. The van der Waals surface area contributed by atoms with E-state index in [1.165, 1.54) is 4.90 Å². The number of benzene rings is 2. The van der Waals surface area contributed by atoms with Gasteiger partial charge in [0.15, 0.2) is 0 Å². The van der Waals surface area contributed by atoms with Crippen molar-refractivity contribution in [2.45, 2.75) is 58.3 Å². The summed E-state index contributed by atoms with van der Waals surface area (Å²) in [6.07, 6.45) is 1.82. The molecule has 1 N–H and O–H groups in total. The van der Waals surface area contributed by atoms with Crippen LogP contribution in [-0.2, 0) is 40.8 Å². The lowest BCUT2D eigenvalue weighted by Gasteiger charge is -2.39. The second kappa shape index (κ2) is 13.4. The van der Waals surface area contributed by atoms with Crippen LogP contribution in [0.3, 0.4) is 0 Å². The topological polar surface area (TPSA) is 106 Å². The van der Waals surface area contributed by atoms with E-state index in [9.17, 15) is 14.4 Å². The first kappa shape index (κ1) is 30.3. The molecule has 3 heterocycles. The van der Waals surface area contributed by atoms with Crippen LogP contribution in [0.2, 0.25) is 0 Å². The molecular weight excluding hydrogens is 546 g/mol. The minimum atomic E-state index is -0.449. The summed E-state index contributed by atoms with van der Waals surface area (Å²) in [6, 6.07) is 16.8. The number of carbonyl (C=O) groups is 3. The summed E-state index contributed by atoms with van der Waals surface area (Å²) >= 11 is 0.